The molecule has 0 unspecified atom stereocenters. The first-order valence-corrected chi connectivity index (χ1v) is 6.46. The summed E-state index contributed by atoms with van der Waals surface area (Å²) in [4.78, 5) is 4.79. The van der Waals surface area contributed by atoms with Gasteiger partial charge < -0.3 is 5.73 Å². The highest BCUT2D eigenvalue weighted by Gasteiger charge is 2.11. The fourth-order valence-electron chi connectivity index (χ4n) is 2.31. The number of hydrogen-bond donors (Lipinski definition) is 1. The zero-order valence-corrected chi connectivity index (χ0v) is 10.9. The Morgan fingerprint density at radius 3 is 2.37 bits per heavy atom. The maximum absolute atomic E-state index is 6.10. The molecule has 19 heavy (non-hydrogen) atoms. The zero-order chi connectivity index (χ0) is 13.2. The molecule has 2 nitrogen and oxygen atoms in total. The first kappa shape index (κ1) is 11.9. The van der Waals surface area contributed by atoms with E-state index in [-0.39, 0.29) is 6.04 Å². The summed E-state index contributed by atoms with van der Waals surface area (Å²) >= 11 is 0. The van der Waals surface area contributed by atoms with Gasteiger partial charge in [0.15, 0.2) is 0 Å². The average molecular weight is 248 g/mol. The first-order valence-electron chi connectivity index (χ1n) is 6.46. The van der Waals surface area contributed by atoms with Crippen LogP contribution in [-0.4, -0.2) is 4.98 Å². The number of benzene rings is 2. The van der Waals surface area contributed by atoms with Gasteiger partial charge >= 0.3 is 0 Å². The highest BCUT2D eigenvalue weighted by molar-refractivity contribution is 5.83. The van der Waals surface area contributed by atoms with Crippen LogP contribution in [0, 0.1) is 0 Å². The Balaban J connectivity index is 2.30. The van der Waals surface area contributed by atoms with E-state index in [1.807, 2.05) is 43.3 Å². The zero-order valence-electron chi connectivity index (χ0n) is 10.9. The van der Waals surface area contributed by atoms with Gasteiger partial charge in [0.1, 0.15) is 0 Å². The first-order chi connectivity index (χ1) is 9.25. The van der Waals surface area contributed by atoms with Crippen molar-refractivity contribution >= 4 is 10.9 Å². The molecule has 3 rings (SSSR count). The van der Waals surface area contributed by atoms with E-state index in [9.17, 15) is 0 Å². The smallest absolute Gasteiger partial charge is 0.0757 e. The molecule has 1 aromatic heterocycles. The highest BCUT2D eigenvalue weighted by atomic mass is 14.7. The summed E-state index contributed by atoms with van der Waals surface area (Å²) in [6.45, 7) is 2.00. The molecule has 3 aromatic rings. The summed E-state index contributed by atoms with van der Waals surface area (Å²) in [6.07, 6.45) is 0. The second-order valence-corrected chi connectivity index (χ2v) is 4.77. The second-order valence-electron chi connectivity index (χ2n) is 4.77. The van der Waals surface area contributed by atoms with Crippen LogP contribution < -0.4 is 5.73 Å². The third kappa shape index (κ3) is 2.23. The van der Waals surface area contributed by atoms with Crippen LogP contribution in [0.4, 0.5) is 0 Å². The molecule has 0 saturated carbocycles. The van der Waals surface area contributed by atoms with Crippen molar-refractivity contribution in [3.05, 3.63) is 66.2 Å². The van der Waals surface area contributed by atoms with E-state index in [1.54, 1.807) is 0 Å². The Morgan fingerprint density at radius 1 is 0.947 bits per heavy atom. The topological polar surface area (TPSA) is 38.9 Å². The highest BCUT2D eigenvalue weighted by Crippen LogP contribution is 2.28. The third-order valence-electron chi connectivity index (χ3n) is 3.29. The molecule has 0 aliphatic carbocycles. The molecule has 0 amide bonds. The number of pyridine rings is 1. The fourth-order valence-corrected chi connectivity index (χ4v) is 2.31. The minimum atomic E-state index is -0.0349. The van der Waals surface area contributed by atoms with E-state index < -0.39 is 0 Å². The van der Waals surface area contributed by atoms with Crippen molar-refractivity contribution in [2.75, 3.05) is 0 Å². The molecule has 0 radical (unpaired) electrons. The third-order valence-corrected chi connectivity index (χ3v) is 3.29. The Kier molecular flexibility index (Phi) is 3.02. The summed E-state index contributed by atoms with van der Waals surface area (Å²) in [6, 6.07) is 20.5. The lowest BCUT2D eigenvalue weighted by atomic mass is 9.99. The number of rotatable bonds is 2. The summed E-state index contributed by atoms with van der Waals surface area (Å²) in [5.41, 5.74) is 10.3. The van der Waals surface area contributed by atoms with E-state index in [2.05, 4.69) is 24.3 Å². The lowest BCUT2D eigenvalue weighted by Crippen LogP contribution is -2.08. The number of para-hydroxylation sites is 1. The standard InChI is InChI=1S/C17H16N2/c1-12(18)15-11-14-9-5-6-10-16(14)19-17(15)13-7-3-2-4-8-13/h2-12H,18H2,1H3/t12-/m0/s1. The molecule has 0 bridgehead atoms. The quantitative estimate of drug-likeness (QED) is 0.746. The van der Waals surface area contributed by atoms with Gasteiger partial charge in [-0.05, 0) is 24.6 Å². The van der Waals surface area contributed by atoms with Gasteiger partial charge in [-0.2, -0.15) is 0 Å². The molecule has 2 heteroatoms. The maximum Gasteiger partial charge on any atom is 0.0757 e. The minimum Gasteiger partial charge on any atom is -0.324 e. The molecule has 0 spiro atoms. The van der Waals surface area contributed by atoms with Crippen molar-refractivity contribution in [2.45, 2.75) is 13.0 Å². The number of nitrogens with two attached hydrogens (primary N) is 1. The van der Waals surface area contributed by atoms with Crippen LogP contribution in [-0.2, 0) is 0 Å². The second kappa shape index (κ2) is 4.82. The maximum atomic E-state index is 6.10. The van der Waals surface area contributed by atoms with Gasteiger partial charge in [-0.15, -0.1) is 0 Å². The lowest BCUT2D eigenvalue weighted by Gasteiger charge is -2.13. The number of nitrogens with zero attached hydrogens (tertiary/aromatic N) is 1. The number of aromatic nitrogens is 1. The van der Waals surface area contributed by atoms with Crippen molar-refractivity contribution in [1.29, 1.82) is 0 Å². The molecule has 0 aliphatic rings. The van der Waals surface area contributed by atoms with Gasteiger partial charge in [-0.3, -0.25) is 0 Å². The van der Waals surface area contributed by atoms with E-state index in [0.29, 0.717) is 0 Å². The van der Waals surface area contributed by atoms with Gasteiger partial charge in [-0.1, -0.05) is 48.5 Å². The SMILES string of the molecule is C[C@H](N)c1cc2ccccc2nc1-c1ccccc1. The monoisotopic (exact) mass is 248 g/mol. The van der Waals surface area contributed by atoms with Gasteiger partial charge in [0.2, 0.25) is 0 Å². The predicted molar refractivity (Wildman–Crippen MR) is 79.8 cm³/mol. The Labute approximate surface area is 112 Å². The van der Waals surface area contributed by atoms with E-state index >= 15 is 0 Å². The Bertz CT molecular complexity index is 703. The van der Waals surface area contributed by atoms with Gasteiger partial charge in [0.25, 0.3) is 0 Å². The summed E-state index contributed by atoms with van der Waals surface area (Å²) < 4.78 is 0. The van der Waals surface area contributed by atoms with Gasteiger partial charge in [0, 0.05) is 17.0 Å². The molecule has 0 saturated heterocycles. The molecule has 1 atom stereocenters. The predicted octanol–water partition coefficient (Wildman–Crippen LogP) is 3.92. The molecule has 94 valence electrons. The van der Waals surface area contributed by atoms with Crippen molar-refractivity contribution in [3.63, 3.8) is 0 Å². The van der Waals surface area contributed by atoms with Crippen molar-refractivity contribution < 1.29 is 0 Å². The van der Waals surface area contributed by atoms with Crippen LogP contribution in [0.25, 0.3) is 22.2 Å². The van der Waals surface area contributed by atoms with Gasteiger partial charge in [0.05, 0.1) is 11.2 Å². The molecule has 2 aromatic carbocycles. The van der Waals surface area contributed by atoms with E-state index in [0.717, 1.165) is 27.7 Å². The molecular weight excluding hydrogens is 232 g/mol. The molecule has 0 fully saturated rings. The summed E-state index contributed by atoms with van der Waals surface area (Å²) in [5, 5.41) is 1.13. The largest absolute Gasteiger partial charge is 0.324 e. The van der Waals surface area contributed by atoms with Crippen LogP contribution in [0.1, 0.15) is 18.5 Å². The van der Waals surface area contributed by atoms with Crippen LogP contribution in [0.2, 0.25) is 0 Å². The van der Waals surface area contributed by atoms with E-state index in [4.69, 9.17) is 10.7 Å². The van der Waals surface area contributed by atoms with Gasteiger partial charge in [-0.25, -0.2) is 4.98 Å². The lowest BCUT2D eigenvalue weighted by molar-refractivity contribution is 0.817. The van der Waals surface area contributed by atoms with Crippen LogP contribution in [0.15, 0.2) is 60.7 Å². The van der Waals surface area contributed by atoms with Crippen molar-refractivity contribution in [2.24, 2.45) is 5.73 Å². The fraction of sp³-hybridized carbons (Fsp3) is 0.118. The van der Waals surface area contributed by atoms with E-state index in [1.165, 1.54) is 0 Å². The Hall–Kier alpha value is -2.19. The molecular formula is C17H16N2. The minimum absolute atomic E-state index is 0.0349. The van der Waals surface area contributed by atoms with Crippen LogP contribution in [0.3, 0.4) is 0 Å². The summed E-state index contributed by atoms with van der Waals surface area (Å²) in [5.74, 6) is 0. The van der Waals surface area contributed by atoms with Crippen molar-refractivity contribution in [3.8, 4) is 11.3 Å². The van der Waals surface area contributed by atoms with Crippen molar-refractivity contribution in [1.82, 2.24) is 4.98 Å². The van der Waals surface area contributed by atoms with Crippen LogP contribution >= 0.6 is 0 Å². The molecule has 0 aliphatic heterocycles. The molecule has 2 N–H and O–H groups in total. The number of fused-ring (bicyclic) bond motifs is 1. The number of hydrogen-bond acceptors (Lipinski definition) is 2. The molecule has 1 heterocycles. The van der Waals surface area contributed by atoms with Crippen LogP contribution in [0.5, 0.6) is 0 Å². The Morgan fingerprint density at radius 2 is 1.63 bits per heavy atom. The average Bonchev–Trinajstić information content (AvgIpc) is 2.46. The summed E-state index contributed by atoms with van der Waals surface area (Å²) in [7, 11) is 0. The normalized spacial score (nSPS) is 12.5.